The lowest BCUT2D eigenvalue weighted by molar-refractivity contribution is -0.386. The molecule has 5 heteroatoms. The normalized spacial score (nSPS) is 10.5. The smallest absolute Gasteiger partial charge is 0.314 e. The number of unbranched alkanes of at least 4 members (excludes halogenated alkanes) is 1. The van der Waals surface area contributed by atoms with E-state index in [-0.39, 0.29) is 18.0 Å². The number of aryl methyl sites for hydroxylation is 1. The Morgan fingerprint density at radius 3 is 2.59 bits per heavy atom. The zero-order chi connectivity index (χ0) is 15.9. The fourth-order valence-corrected chi connectivity index (χ4v) is 2.24. The Kier molecular flexibility index (Phi) is 5.47. The first-order chi connectivity index (χ1) is 10.6. The highest BCUT2D eigenvalue weighted by atomic mass is 19.1. The van der Waals surface area contributed by atoms with Crippen LogP contribution in [0.5, 0.6) is 5.75 Å². The Hall–Kier alpha value is -2.43. The fourth-order valence-electron chi connectivity index (χ4n) is 2.24. The topological polar surface area (TPSA) is 52.4 Å². The Bertz CT molecular complexity index is 644. The fraction of sp³-hybridized carbons (Fsp3) is 0.294. The predicted molar refractivity (Wildman–Crippen MR) is 82.4 cm³/mol. The van der Waals surface area contributed by atoms with Gasteiger partial charge in [0, 0.05) is 11.6 Å². The molecule has 0 fully saturated rings. The highest BCUT2D eigenvalue weighted by Gasteiger charge is 2.22. The first-order valence-electron chi connectivity index (χ1n) is 7.25. The van der Waals surface area contributed by atoms with Crippen LogP contribution in [0.3, 0.4) is 0 Å². The molecule has 0 amide bonds. The van der Waals surface area contributed by atoms with E-state index in [0.29, 0.717) is 12.0 Å². The van der Waals surface area contributed by atoms with E-state index in [9.17, 15) is 14.5 Å². The number of nitro groups is 1. The third-order valence-corrected chi connectivity index (χ3v) is 3.34. The van der Waals surface area contributed by atoms with Crippen molar-refractivity contribution in [2.24, 2.45) is 0 Å². The molecule has 0 atom stereocenters. The molecule has 0 saturated heterocycles. The Labute approximate surface area is 128 Å². The minimum atomic E-state index is -0.514. The molecule has 2 aromatic rings. The van der Waals surface area contributed by atoms with Crippen LogP contribution < -0.4 is 4.74 Å². The van der Waals surface area contributed by atoms with Gasteiger partial charge in [-0.15, -0.1) is 0 Å². The van der Waals surface area contributed by atoms with E-state index in [1.165, 1.54) is 6.07 Å². The molecule has 0 aliphatic heterocycles. The summed E-state index contributed by atoms with van der Waals surface area (Å²) in [5, 5.41) is 11.3. The Morgan fingerprint density at radius 2 is 1.95 bits per heavy atom. The van der Waals surface area contributed by atoms with Gasteiger partial charge in [0.05, 0.1) is 4.92 Å². The predicted octanol–water partition coefficient (Wildman–Crippen LogP) is 4.66. The molecule has 0 radical (unpaired) electrons. The van der Waals surface area contributed by atoms with Crippen LogP contribution in [0.1, 0.15) is 30.9 Å². The lowest BCUT2D eigenvalue weighted by Gasteiger charge is -2.10. The second kappa shape index (κ2) is 7.54. The molecule has 0 bridgehead atoms. The first kappa shape index (κ1) is 15.9. The Balaban J connectivity index is 2.28. The minimum Gasteiger partial charge on any atom is -0.482 e. The molecule has 116 valence electrons. The van der Waals surface area contributed by atoms with Crippen molar-refractivity contribution in [1.82, 2.24) is 0 Å². The summed E-state index contributed by atoms with van der Waals surface area (Å²) in [5.74, 6) is -0.528. The lowest BCUT2D eigenvalue weighted by atomic mass is 10.1. The minimum absolute atomic E-state index is 0.0139. The van der Waals surface area contributed by atoms with Crippen molar-refractivity contribution in [1.29, 1.82) is 0 Å². The van der Waals surface area contributed by atoms with Gasteiger partial charge in [-0.25, -0.2) is 4.39 Å². The summed E-state index contributed by atoms with van der Waals surface area (Å²) >= 11 is 0. The summed E-state index contributed by atoms with van der Waals surface area (Å²) in [6.07, 6.45) is 2.11. The van der Waals surface area contributed by atoms with Crippen LogP contribution in [0.25, 0.3) is 0 Å². The summed E-state index contributed by atoms with van der Waals surface area (Å²) in [7, 11) is 0. The summed E-state index contributed by atoms with van der Waals surface area (Å²) in [5.41, 5.74) is 1.12. The maximum absolute atomic E-state index is 13.7. The van der Waals surface area contributed by atoms with Crippen molar-refractivity contribution < 1.29 is 14.1 Å². The third kappa shape index (κ3) is 4.04. The van der Waals surface area contributed by atoms with Crippen LogP contribution in [0.15, 0.2) is 42.5 Å². The zero-order valence-corrected chi connectivity index (χ0v) is 12.4. The zero-order valence-electron chi connectivity index (χ0n) is 12.4. The quantitative estimate of drug-likeness (QED) is 0.552. The van der Waals surface area contributed by atoms with Crippen LogP contribution in [-0.2, 0) is 13.0 Å². The monoisotopic (exact) mass is 303 g/mol. The highest BCUT2D eigenvalue weighted by molar-refractivity contribution is 5.53. The van der Waals surface area contributed by atoms with Gasteiger partial charge >= 0.3 is 5.69 Å². The molecule has 4 nitrogen and oxygen atoms in total. The van der Waals surface area contributed by atoms with Gasteiger partial charge < -0.3 is 4.74 Å². The number of nitrogens with zero attached hydrogens (tertiary/aromatic N) is 1. The molecule has 2 rings (SSSR count). The first-order valence-corrected chi connectivity index (χ1v) is 7.25. The van der Waals surface area contributed by atoms with Gasteiger partial charge in [-0.2, -0.15) is 0 Å². The number of rotatable bonds is 7. The molecule has 0 N–H and O–H groups in total. The van der Waals surface area contributed by atoms with Gasteiger partial charge in [-0.3, -0.25) is 10.1 Å². The van der Waals surface area contributed by atoms with Gasteiger partial charge in [0.15, 0.2) is 0 Å². The molecule has 22 heavy (non-hydrogen) atoms. The standard InChI is InChI=1S/C17H18FNO3/c1-2-3-9-14-10-15(18)11-16(17(14)19(20)21)22-12-13-7-5-4-6-8-13/h4-8,10-11H,2-3,9,12H2,1H3. The number of benzene rings is 2. The van der Waals surface area contributed by atoms with E-state index < -0.39 is 10.7 Å². The van der Waals surface area contributed by atoms with Crippen molar-refractivity contribution in [3.63, 3.8) is 0 Å². The van der Waals surface area contributed by atoms with Crippen LogP contribution in [0, 0.1) is 15.9 Å². The second-order valence-electron chi connectivity index (χ2n) is 5.05. The van der Waals surface area contributed by atoms with Gasteiger partial charge in [0.25, 0.3) is 0 Å². The average Bonchev–Trinajstić information content (AvgIpc) is 2.51. The molecule has 0 spiro atoms. The van der Waals surface area contributed by atoms with E-state index >= 15 is 0 Å². The molecular weight excluding hydrogens is 285 g/mol. The van der Waals surface area contributed by atoms with Crippen LogP contribution in [0.4, 0.5) is 10.1 Å². The van der Waals surface area contributed by atoms with Crippen LogP contribution >= 0.6 is 0 Å². The SMILES string of the molecule is CCCCc1cc(F)cc(OCc2ccccc2)c1[N+](=O)[O-]. The molecule has 0 heterocycles. The number of ether oxygens (including phenoxy) is 1. The molecule has 2 aromatic carbocycles. The van der Waals surface area contributed by atoms with Gasteiger partial charge in [0.2, 0.25) is 5.75 Å². The van der Waals surface area contributed by atoms with E-state index in [4.69, 9.17) is 4.74 Å². The largest absolute Gasteiger partial charge is 0.482 e. The van der Waals surface area contributed by atoms with E-state index in [1.807, 2.05) is 37.3 Å². The summed E-state index contributed by atoms with van der Waals surface area (Å²) in [4.78, 5) is 10.8. The van der Waals surface area contributed by atoms with E-state index in [0.717, 1.165) is 24.5 Å². The van der Waals surface area contributed by atoms with Gasteiger partial charge in [-0.1, -0.05) is 43.7 Å². The summed E-state index contributed by atoms with van der Waals surface area (Å²) in [6.45, 7) is 2.15. The maximum atomic E-state index is 13.7. The average molecular weight is 303 g/mol. The van der Waals surface area contributed by atoms with Crippen molar-refractivity contribution in [3.05, 3.63) is 69.5 Å². The van der Waals surface area contributed by atoms with Gasteiger partial charge in [-0.05, 0) is 24.5 Å². The van der Waals surface area contributed by atoms with Gasteiger partial charge in [0.1, 0.15) is 12.4 Å². The number of hydrogen-bond donors (Lipinski definition) is 0. The second-order valence-corrected chi connectivity index (χ2v) is 5.05. The molecule has 0 unspecified atom stereocenters. The molecule has 0 saturated carbocycles. The highest BCUT2D eigenvalue weighted by Crippen LogP contribution is 2.33. The van der Waals surface area contributed by atoms with Crippen LogP contribution in [0.2, 0.25) is 0 Å². The Morgan fingerprint density at radius 1 is 1.23 bits per heavy atom. The molecular formula is C17H18FNO3. The lowest BCUT2D eigenvalue weighted by Crippen LogP contribution is -2.03. The third-order valence-electron chi connectivity index (χ3n) is 3.34. The molecule has 0 aromatic heterocycles. The van der Waals surface area contributed by atoms with Crippen molar-refractivity contribution in [2.75, 3.05) is 0 Å². The number of nitro benzene ring substituents is 1. The number of halogens is 1. The molecule has 0 aliphatic rings. The van der Waals surface area contributed by atoms with E-state index in [2.05, 4.69) is 0 Å². The number of hydrogen-bond acceptors (Lipinski definition) is 3. The van der Waals surface area contributed by atoms with Crippen molar-refractivity contribution >= 4 is 5.69 Å². The summed E-state index contributed by atoms with van der Waals surface area (Å²) in [6, 6.07) is 11.6. The maximum Gasteiger partial charge on any atom is 0.314 e. The molecule has 0 aliphatic carbocycles. The van der Waals surface area contributed by atoms with E-state index in [1.54, 1.807) is 0 Å². The van der Waals surface area contributed by atoms with Crippen molar-refractivity contribution in [2.45, 2.75) is 32.8 Å². The van der Waals surface area contributed by atoms with Crippen molar-refractivity contribution in [3.8, 4) is 5.75 Å². The summed E-state index contributed by atoms with van der Waals surface area (Å²) < 4.78 is 19.2. The van der Waals surface area contributed by atoms with Crippen LogP contribution in [-0.4, -0.2) is 4.92 Å².